The maximum absolute atomic E-state index is 8.71. The number of nitriles is 1. The van der Waals surface area contributed by atoms with Gasteiger partial charge in [0.15, 0.2) is 5.69 Å². The van der Waals surface area contributed by atoms with Crippen molar-refractivity contribution in [3.8, 4) is 6.07 Å². The SMILES string of the molecule is COCCn1ncc(Br)c1C#N. The van der Waals surface area contributed by atoms with Crippen LogP contribution in [-0.4, -0.2) is 23.5 Å². The van der Waals surface area contributed by atoms with Crippen molar-refractivity contribution in [1.82, 2.24) is 9.78 Å². The second-order valence-electron chi connectivity index (χ2n) is 2.17. The minimum atomic E-state index is 0.534. The monoisotopic (exact) mass is 229 g/mol. The highest BCUT2D eigenvalue weighted by Crippen LogP contribution is 2.14. The van der Waals surface area contributed by atoms with Gasteiger partial charge in [-0.3, -0.25) is 4.68 Å². The number of nitrogens with zero attached hydrogens (tertiary/aromatic N) is 3. The lowest BCUT2D eigenvalue weighted by atomic mass is 10.5. The van der Waals surface area contributed by atoms with Crippen LogP contribution in [0.2, 0.25) is 0 Å². The summed E-state index contributed by atoms with van der Waals surface area (Å²) in [6.07, 6.45) is 1.61. The van der Waals surface area contributed by atoms with E-state index in [0.29, 0.717) is 18.8 Å². The molecule has 1 rings (SSSR count). The molecule has 0 aliphatic rings. The first-order chi connectivity index (χ1) is 5.79. The molecule has 4 nitrogen and oxygen atoms in total. The van der Waals surface area contributed by atoms with E-state index < -0.39 is 0 Å². The fraction of sp³-hybridized carbons (Fsp3) is 0.429. The molecular weight excluding hydrogens is 222 g/mol. The summed E-state index contributed by atoms with van der Waals surface area (Å²) in [7, 11) is 1.62. The zero-order chi connectivity index (χ0) is 8.97. The maximum Gasteiger partial charge on any atom is 0.152 e. The molecule has 0 N–H and O–H groups in total. The van der Waals surface area contributed by atoms with Crippen LogP contribution in [0.15, 0.2) is 10.7 Å². The number of halogens is 1. The summed E-state index contributed by atoms with van der Waals surface area (Å²) in [5.41, 5.74) is 0.534. The van der Waals surface area contributed by atoms with Crippen LogP contribution >= 0.6 is 15.9 Å². The molecule has 1 aromatic rings. The zero-order valence-corrected chi connectivity index (χ0v) is 8.21. The molecule has 1 heterocycles. The first-order valence-electron chi connectivity index (χ1n) is 3.40. The molecule has 0 radical (unpaired) electrons. The lowest BCUT2D eigenvalue weighted by Crippen LogP contribution is -2.07. The van der Waals surface area contributed by atoms with Crippen molar-refractivity contribution in [2.75, 3.05) is 13.7 Å². The van der Waals surface area contributed by atoms with Crippen molar-refractivity contribution in [2.24, 2.45) is 0 Å². The number of aromatic nitrogens is 2. The van der Waals surface area contributed by atoms with Crippen molar-refractivity contribution >= 4 is 15.9 Å². The van der Waals surface area contributed by atoms with Gasteiger partial charge in [-0.25, -0.2) is 0 Å². The van der Waals surface area contributed by atoms with E-state index in [2.05, 4.69) is 27.1 Å². The molecule has 0 atom stereocenters. The van der Waals surface area contributed by atoms with Gasteiger partial charge in [0.1, 0.15) is 6.07 Å². The fourth-order valence-corrected chi connectivity index (χ4v) is 1.21. The molecule has 0 amide bonds. The molecule has 1 aromatic heterocycles. The minimum Gasteiger partial charge on any atom is -0.383 e. The zero-order valence-electron chi connectivity index (χ0n) is 6.62. The molecule has 12 heavy (non-hydrogen) atoms. The Morgan fingerprint density at radius 3 is 3.17 bits per heavy atom. The molecule has 0 spiro atoms. The van der Waals surface area contributed by atoms with E-state index in [1.807, 2.05) is 0 Å². The molecule has 0 fully saturated rings. The molecule has 0 aromatic carbocycles. The second-order valence-corrected chi connectivity index (χ2v) is 3.02. The third-order valence-corrected chi connectivity index (χ3v) is 1.99. The van der Waals surface area contributed by atoms with Crippen LogP contribution in [0.4, 0.5) is 0 Å². The maximum atomic E-state index is 8.71. The van der Waals surface area contributed by atoms with E-state index in [-0.39, 0.29) is 0 Å². The van der Waals surface area contributed by atoms with Gasteiger partial charge in [0, 0.05) is 7.11 Å². The summed E-state index contributed by atoms with van der Waals surface area (Å²) in [5.74, 6) is 0. The topological polar surface area (TPSA) is 50.8 Å². The molecule has 0 bridgehead atoms. The van der Waals surface area contributed by atoms with Gasteiger partial charge < -0.3 is 4.74 Å². The third-order valence-electron chi connectivity index (χ3n) is 1.41. The normalized spacial score (nSPS) is 9.75. The van der Waals surface area contributed by atoms with E-state index >= 15 is 0 Å². The highest BCUT2D eigenvalue weighted by molar-refractivity contribution is 9.10. The first kappa shape index (κ1) is 9.23. The number of ether oxygens (including phenoxy) is 1. The highest BCUT2D eigenvalue weighted by atomic mass is 79.9. The average molecular weight is 230 g/mol. The first-order valence-corrected chi connectivity index (χ1v) is 4.19. The molecule has 64 valence electrons. The van der Waals surface area contributed by atoms with Gasteiger partial charge in [-0.1, -0.05) is 0 Å². The van der Waals surface area contributed by atoms with Crippen molar-refractivity contribution in [2.45, 2.75) is 6.54 Å². The average Bonchev–Trinajstić information content (AvgIpc) is 2.43. The predicted molar refractivity (Wildman–Crippen MR) is 46.5 cm³/mol. The summed E-state index contributed by atoms with van der Waals surface area (Å²) in [6.45, 7) is 1.16. The van der Waals surface area contributed by atoms with Crippen molar-refractivity contribution < 1.29 is 4.74 Å². The Bertz CT molecular complexity index is 302. The van der Waals surface area contributed by atoms with Crippen LogP contribution in [0.25, 0.3) is 0 Å². The van der Waals surface area contributed by atoms with Gasteiger partial charge in [0.05, 0.1) is 23.8 Å². The van der Waals surface area contributed by atoms with Gasteiger partial charge in [-0.2, -0.15) is 10.4 Å². The van der Waals surface area contributed by atoms with Gasteiger partial charge in [0.2, 0.25) is 0 Å². The quantitative estimate of drug-likeness (QED) is 0.782. The molecule has 0 unspecified atom stereocenters. The summed E-state index contributed by atoms with van der Waals surface area (Å²) in [4.78, 5) is 0. The van der Waals surface area contributed by atoms with Crippen LogP contribution in [0.1, 0.15) is 5.69 Å². The summed E-state index contributed by atoms with van der Waals surface area (Å²) in [5, 5.41) is 12.7. The third kappa shape index (κ3) is 1.84. The van der Waals surface area contributed by atoms with E-state index in [0.717, 1.165) is 4.47 Å². The molecule has 5 heteroatoms. The second kappa shape index (κ2) is 4.24. The Balaban J connectivity index is 2.79. The smallest absolute Gasteiger partial charge is 0.152 e. The predicted octanol–water partition coefficient (Wildman–Crippen LogP) is 1.16. The van der Waals surface area contributed by atoms with E-state index in [1.165, 1.54) is 0 Å². The minimum absolute atomic E-state index is 0.534. The van der Waals surface area contributed by atoms with Crippen molar-refractivity contribution in [3.63, 3.8) is 0 Å². The van der Waals surface area contributed by atoms with Gasteiger partial charge >= 0.3 is 0 Å². The Hall–Kier alpha value is -0.860. The molecule has 0 aliphatic heterocycles. The van der Waals surface area contributed by atoms with Gasteiger partial charge in [-0.15, -0.1) is 0 Å². The summed E-state index contributed by atoms with van der Waals surface area (Å²) in [6, 6.07) is 2.05. The Morgan fingerprint density at radius 2 is 2.58 bits per heavy atom. The molecule has 0 saturated heterocycles. The number of hydrogen-bond acceptors (Lipinski definition) is 3. The van der Waals surface area contributed by atoms with Crippen LogP contribution in [0, 0.1) is 11.3 Å². The van der Waals surface area contributed by atoms with E-state index in [9.17, 15) is 0 Å². The van der Waals surface area contributed by atoms with Crippen LogP contribution in [0.5, 0.6) is 0 Å². The van der Waals surface area contributed by atoms with E-state index in [4.69, 9.17) is 10.00 Å². The standard InChI is InChI=1S/C7H8BrN3O/c1-12-3-2-11-7(4-9)6(8)5-10-11/h5H,2-3H2,1H3. The van der Waals surface area contributed by atoms with Crippen LogP contribution < -0.4 is 0 Å². The van der Waals surface area contributed by atoms with Crippen molar-refractivity contribution in [3.05, 3.63) is 16.4 Å². The summed E-state index contributed by atoms with van der Waals surface area (Å²) >= 11 is 3.22. The number of methoxy groups -OCH3 is 1. The molecular formula is C7H8BrN3O. The molecule has 0 aliphatic carbocycles. The Labute approximate surface area is 78.9 Å². The van der Waals surface area contributed by atoms with Crippen LogP contribution in [-0.2, 0) is 11.3 Å². The fourth-order valence-electron chi connectivity index (χ4n) is 0.821. The van der Waals surface area contributed by atoms with E-state index in [1.54, 1.807) is 18.0 Å². The number of rotatable bonds is 3. The highest BCUT2D eigenvalue weighted by Gasteiger charge is 2.06. The number of hydrogen-bond donors (Lipinski definition) is 0. The lowest BCUT2D eigenvalue weighted by Gasteiger charge is -2.00. The Kier molecular flexibility index (Phi) is 3.26. The van der Waals surface area contributed by atoms with Gasteiger partial charge in [-0.05, 0) is 15.9 Å². The van der Waals surface area contributed by atoms with Gasteiger partial charge in [0.25, 0.3) is 0 Å². The lowest BCUT2D eigenvalue weighted by molar-refractivity contribution is 0.183. The molecule has 0 saturated carbocycles. The van der Waals surface area contributed by atoms with Crippen molar-refractivity contribution in [1.29, 1.82) is 5.26 Å². The summed E-state index contributed by atoms with van der Waals surface area (Å²) < 4.78 is 7.20. The van der Waals surface area contributed by atoms with Crippen LogP contribution in [0.3, 0.4) is 0 Å². The Morgan fingerprint density at radius 1 is 1.83 bits per heavy atom. The largest absolute Gasteiger partial charge is 0.383 e.